The minimum absolute atomic E-state index is 0.0980. The highest BCUT2D eigenvalue weighted by Gasteiger charge is 2.07. The summed E-state index contributed by atoms with van der Waals surface area (Å²) in [7, 11) is 0. The van der Waals surface area contributed by atoms with E-state index in [2.05, 4.69) is 16.6 Å². The third kappa shape index (κ3) is 7.27. The first-order valence-electron chi connectivity index (χ1n) is 10.9. The van der Waals surface area contributed by atoms with Crippen LogP contribution in [0.2, 0.25) is 0 Å². The van der Waals surface area contributed by atoms with Gasteiger partial charge in [0.25, 0.3) is 11.4 Å². The molecule has 0 N–H and O–H groups in total. The molecule has 0 saturated heterocycles. The number of hydrogen-bond donors (Lipinski definition) is 0. The van der Waals surface area contributed by atoms with Gasteiger partial charge in [-0.15, -0.1) is 0 Å². The molecule has 0 unspecified atom stereocenters. The highest BCUT2D eigenvalue weighted by Crippen LogP contribution is 2.23. The topological polar surface area (TPSA) is 74.8 Å². The van der Waals surface area contributed by atoms with Crippen molar-refractivity contribution in [2.75, 3.05) is 13.2 Å². The van der Waals surface area contributed by atoms with Crippen LogP contribution < -0.4 is 9.47 Å². The molecule has 2 aromatic carbocycles. The Balaban J connectivity index is 1.76. The van der Waals surface area contributed by atoms with Crippen LogP contribution >= 0.6 is 0 Å². The van der Waals surface area contributed by atoms with Crippen LogP contribution in [0.4, 0.5) is 0 Å². The predicted octanol–water partition coefficient (Wildman–Crippen LogP) is 6.91. The summed E-state index contributed by atoms with van der Waals surface area (Å²) in [6.07, 6.45) is 1.77. The molecule has 34 heavy (non-hydrogen) atoms. The summed E-state index contributed by atoms with van der Waals surface area (Å²) in [4.78, 5) is 6.49. The van der Waals surface area contributed by atoms with E-state index in [9.17, 15) is 0 Å². The monoisotopic (exact) mass is 450 g/mol. The lowest BCUT2D eigenvalue weighted by Gasteiger charge is -2.14. The first kappa shape index (κ1) is 25.7. The highest BCUT2D eigenvalue weighted by atomic mass is 16.5. The van der Waals surface area contributed by atoms with Crippen LogP contribution in [-0.2, 0) is 0 Å². The second-order valence-corrected chi connectivity index (χ2v) is 7.82. The van der Waals surface area contributed by atoms with E-state index >= 15 is 0 Å². The summed E-state index contributed by atoms with van der Waals surface area (Å²) < 4.78 is 11.7. The molecule has 0 aliphatic heterocycles. The average Bonchev–Trinajstić information content (AvgIpc) is 2.86. The molecular formula is C28H26N4O2. The number of nitrogens with zero attached hydrogens (tertiary/aromatic N) is 4. The van der Waals surface area contributed by atoms with Gasteiger partial charge in [-0.3, -0.25) is 0 Å². The molecule has 2 aromatic rings. The molecule has 0 heterocycles. The van der Waals surface area contributed by atoms with E-state index in [-0.39, 0.29) is 11.4 Å². The van der Waals surface area contributed by atoms with E-state index in [0.717, 1.165) is 35.5 Å². The van der Waals surface area contributed by atoms with E-state index in [1.54, 1.807) is 13.8 Å². The lowest BCUT2D eigenvalue weighted by atomic mass is 10.0. The first-order chi connectivity index (χ1) is 16.4. The fourth-order valence-electron chi connectivity index (χ4n) is 3.16. The van der Waals surface area contributed by atoms with Crippen molar-refractivity contribution < 1.29 is 9.47 Å². The first-order valence-corrected chi connectivity index (χ1v) is 10.9. The number of rotatable bonds is 10. The van der Waals surface area contributed by atoms with Gasteiger partial charge in [0.1, 0.15) is 11.5 Å². The average molecular weight is 451 g/mol. The Morgan fingerprint density at radius 3 is 1.41 bits per heavy atom. The minimum atomic E-state index is 0.0980. The van der Waals surface area contributed by atoms with Crippen LogP contribution in [0.1, 0.15) is 44.7 Å². The number of ether oxygens (including phenoxy) is 2. The van der Waals surface area contributed by atoms with Crippen molar-refractivity contribution in [1.82, 2.24) is 0 Å². The normalized spacial score (nSPS) is 12.6. The van der Waals surface area contributed by atoms with Gasteiger partial charge >= 0.3 is 0 Å². The van der Waals surface area contributed by atoms with E-state index in [1.807, 2.05) is 60.7 Å². The molecule has 0 spiro atoms. The van der Waals surface area contributed by atoms with Crippen molar-refractivity contribution in [3.8, 4) is 23.6 Å². The van der Waals surface area contributed by atoms with Crippen molar-refractivity contribution in [1.29, 1.82) is 10.5 Å². The molecule has 0 amide bonds. The lowest BCUT2D eigenvalue weighted by Crippen LogP contribution is -2.08. The van der Waals surface area contributed by atoms with Gasteiger partial charge < -0.3 is 9.47 Å². The zero-order chi connectivity index (χ0) is 24.9. The van der Waals surface area contributed by atoms with Crippen molar-refractivity contribution in [2.24, 2.45) is 5.92 Å². The quantitative estimate of drug-likeness (QED) is 0.291. The van der Waals surface area contributed by atoms with Crippen LogP contribution in [0, 0.1) is 41.7 Å². The van der Waals surface area contributed by atoms with E-state index in [4.69, 9.17) is 33.1 Å². The van der Waals surface area contributed by atoms with Crippen LogP contribution in [0.5, 0.6) is 11.5 Å². The zero-order valence-corrected chi connectivity index (χ0v) is 19.6. The Hall–Kier alpha value is -4.52. The van der Waals surface area contributed by atoms with Crippen LogP contribution in [-0.4, -0.2) is 13.2 Å². The highest BCUT2D eigenvalue weighted by molar-refractivity contribution is 5.72. The molecule has 0 aliphatic rings. The fraction of sp³-hybridized carbons (Fsp3) is 0.286. The van der Waals surface area contributed by atoms with E-state index in [1.165, 1.54) is 0 Å². The van der Waals surface area contributed by atoms with Gasteiger partial charge in [-0.2, -0.15) is 0 Å². The summed E-state index contributed by atoms with van der Waals surface area (Å²) in [5.74, 6) is 1.93. The van der Waals surface area contributed by atoms with Crippen LogP contribution in [0.25, 0.3) is 20.8 Å². The molecule has 0 aromatic heterocycles. The molecule has 0 saturated carbocycles. The van der Waals surface area contributed by atoms with Gasteiger partial charge in [0.15, 0.2) is 0 Å². The number of benzene rings is 2. The molecule has 0 radical (unpaired) electrons. The van der Waals surface area contributed by atoms with Gasteiger partial charge in [0.05, 0.1) is 38.5 Å². The molecule has 170 valence electrons. The van der Waals surface area contributed by atoms with Crippen LogP contribution in [0.3, 0.4) is 0 Å². The molecule has 2 rings (SSSR count). The Bertz CT molecular complexity index is 1080. The Morgan fingerprint density at radius 1 is 0.765 bits per heavy atom. The maximum atomic E-state index is 9.00. The third-order valence-electron chi connectivity index (χ3n) is 5.48. The van der Waals surface area contributed by atoms with Crippen molar-refractivity contribution >= 4 is 11.1 Å². The maximum Gasteiger partial charge on any atom is 0.265 e. The Labute approximate surface area is 201 Å². The smallest absolute Gasteiger partial charge is 0.265 e. The molecule has 0 aliphatic carbocycles. The summed E-state index contributed by atoms with van der Waals surface area (Å²) >= 11 is 0. The summed E-state index contributed by atoms with van der Waals surface area (Å²) in [6.45, 7) is 21.0. The second kappa shape index (κ2) is 13.1. The van der Waals surface area contributed by atoms with E-state index in [0.29, 0.717) is 30.3 Å². The molecule has 0 atom stereocenters. The standard InChI is InChI=1S/C28H26N4O2/c1-20(14-16-33-25-10-6-23(7-11-25)21(2)27(18-29)31-4)15-17-34-26-12-8-24(9-13-26)22(3)28(19-30)32-5/h6-13,20H,14-17H2,1-3H3. The maximum absolute atomic E-state index is 9.00. The Kier molecular flexibility index (Phi) is 9.94. The second-order valence-electron chi connectivity index (χ2n) is 7.82. The summed E-state index contributed by atoms with van der Waals surface area (Å²) in [5, 5.41) is 18.0. The van der Waals surface area contributed by atoms with Gasteiger partial charge in [0.2, 0.25) is 0 Å². The zero-order valence-electron chi connectivity index (χ0n) is 19.6. The SMILES string of the molecule is [C-]#[N+]C(C#N)=C(C)c1ccc(OCCC(C)CCOc2ccc(C(C)=C(C#N)[N+]#[C-])cc2)cc1. The van der Waals surface area contributed by atoms with Gasteiger partial charge in [-0.1, -0.05) is 31.2 Å². The molecular weight excluding hydrogens is 424 g/mol. The fourth-order valence-corrected chi connectivity index (χ4v) is 3.16. The lowest BCUT2D eigenvalue weighted by molar-refractivity contribution is 0.245. The molecule has 6 heteroatoms. The largest absolute Gasteiger partial charge is 0.494 e. The van der Waals surface area contributed by atoms with Gasteiger partial charge in [0, 0.05) is 0 Å². The van der Waals surface area contributed by atoms with Crippen LogP contribution in [0.15, 0.2) is 59.9 Å². The number of nitriles is 2. The third-order valence-corrected chi connectivity index (χ3v) is 5.48. The van der Waals surface area contributed by atoms with Gasteiger partial charge in [-0.25, -0.2) is 20.2 Å². The van der Waals surface area contributed by atoms with Gasteiger partial charge in [-0.05, 0) is 79.1 Å². The predicted molar refractivity (Wildman–Crippen MR) is 132 cm³/mol. The van der Waals surface area contributed by atoms with E-state index < -0.39 is 0 Å². The number of hydrogen-bond acceptors (Lipinski definition) is 4. The minimum Gasteiger partial charge on any atom is -0.494 e. The number of allylic oxidation sites excluding steroid dienone is 4. The summed E-state index contributed by atoms with van der Waals surface area (Å²) in [6, 6.07) is 18.7. The Morgan fingerprint density at radius 2 is 1.12 bits per heavy atom. The molecule has 0 fully saturated rings. The van der Waals surface area contributed by atoms with Crippen molar-refractivity contribution in [3.63, 3.8) is 0 Å². The molecule has 0 bridgehead atoms. The van der Waals surface area contributed by atoms with Crippen molar-refractivity contribution in [2.45, 2.75) is 33.6 Å². The summed E-state index contributed by atoms with van der Waals surface area (Å²) in [5.41, 5.74) is 3.19. The molecule has 6 nitrogen and oxygen atoms in total. The van der Waals surface area contributed by atoms with Crippen molar-refractivity contribution in [3.05, 3.63) is 93.9 Å².